The minimum absolute atomic E-state index is 0.186. The number of nitrogens with one attached hydrogen (secondary N) is 1. The number of hydrogen-bond donors (Lipinski definition) is 2. The third-order valence-electron chi connectivity index (χ3n) is 2.29. The van der Waals surface area contributed by atoms with Gasteiger partial charge in [-0.05, 0) is 17.7 Å². The zero-order valence-electron chi connectivity index (χ0n) is 9.85. The molecule has 6 heteroatoms. The van der Waals surface area contributed by atoms with Gasteiger partial charge in [0.1, 0.15) is 5.82 Å². The van der Waals surface area contributed by atoms with Gasteiger partial charge in [-0.15, -0.1) is 0 Å². The molecule has 0 saturated carbocycles. The van der Waals surface area contributed by atoms with Gasteiger partial charge in [0.15, 0.2) is 0 Å². The lowest BCUT2D eigenvalue weighted by Gasteiger charge is -2.08. The second-order valence-electron chi connectivity index (χ2n) is 3.64. The second-order valence-corrected chi connectivity index (χ2v) is 4.55. The summed E-state index contributed by atoms with van der Waals surface area (Å²) in [7, 11) is 1.54. The standard InChI is InChI=1S/C12H13BrN4O/c1-18-11-6-10(16-12(14)17-11)15-7-8-3-2-4-9(13)5-8/h2-6H,7H2,1H3,(H3,14,15,16,17). The van der Waals surface area contributed by atoms with Crippen molar-refractivity contribution in [1.82, 2.24) is 9.97 Å². The van der Waals surface area contributed by atoms with Gasteiger partial charge in [0.2, 0.25) is 11.8 Å². The first-order valence-corrected chi connectivity index (χ1v) is 6.13. The summed E-state index contributed by atoms with van der Waals surface area (Å²) < 4.78 is 6.07. The van der Waals surface area contributed by atoms with E-state index in [9.17, 15) is 0 Å². The number of benzene rings is 1. The molecule has 0 atom stereocenters. The maximum atomic E-state index is 5.58. The first-order chi connectivity index (χ1) is 8.67. The summed E-state index contributed by atoms with van der Waals surface area (Å²) in [6.45, 7) is 0.652. The largest absolute Gasteiger partial charge is 0.481 e. The van der Waals surface area contributed by atoms with E-state index >= 15 is 0 Å². The number of nitrogens with two attached hydrogens (primary N) is 1. The van der Waals surface area contributed by atoms with Crippen molar-refractivity contribution >= 4 is 27.7 Å². The van der Waals surface area contributed by atoms with Crippen LogP contribution in [0, 0.1) is 0 Å². The van der Waals surface area contributed by atoms with Gasteiger partial charge in [0.25, 0.3) is 0 Å². The van der Waals surface area contributed by atoms with Crippen LogP contribution in [0.15, 0.2) is 34.8 Å². The number of nitrogens with zero attached hydrogens (tertiary/aromatic N) is 2. The molecule has 1 heterocycles. The maximum Gasteiger partial charge on any atom is 0.225 e. The molecule has 1 aromatic heterocycles. The van der Waals surface area contributed by atoms with Gasteiger partial charge in [-0.2, -0.15) is 9.97 Å². The first kappa shape index (κ1) is 12.6. The highest BCUT2D eigenvalue weighted by molar-refractivity contribution is 9.10. The molecular weight excluding hydrogens is 296 g/mol. The van der Waals surface area contributed by atoms with Crippen LogP contribution in [0.1, 0.15) is 5.56 Å². The second kappa shape index (κ2) is 5.68. The predicted molar refractivity (Wildman–Crippen MR) is 74.5 cm³/mol. The van der Waals surface area contributed by atoms with E-state index in [2.05, 4.69) is 31.2 Å². The highest BCUT2D eigenvalue weighted by atomic mass is 79.9. The van der Waals surface area contributed by atoms with Crippen LogP contribution in [0.5, 0.6) is 5.88 Å². The molecule has 3 N–H and O–H groups in total. The lowest BCUT2D eigenvalue weighted by atomic mass is 10.2. The number of aromatic nitrogens is 2. The zero-order chi connectivity index (χ0) is 13.0. The van der Waals surface area contributed by atoms with Crippen molar-refractivity contribution in [3.63, 3.8) is 0 Å². The molecule has 0 aliphatic rings. The molecule has 18 heavy (non-hydrogen) atoms. The Kier molecular flexibility index (Phi) is 3.99. The van der Waals surface area contributed by atoms with Crippen LogP contribution in [-0.4, -0.2) is 17.1 Å². The fourth-order valence-corrected chi connectivity index (χ4v) is 1.92. The van der Waals surface area contributed by atoms with Crippen LogP contribution >= 0.6 is 15.9 Å². The van der Waals surface area contributed by atoms with E-state index in [1.807, 2.05) is 24.3 Å². The van der Waals surface area contributed by atoms with Crippen LogP contribution in [0.3, 0.4) is 0 Å². The van der Waals surface area contributed by atoms with Crippen molar-refractivity contribution in [3.8, 4) is 5.88 Å². The van der Waals surface area contributed by atoms with E-state index in [0.29, 0.717) is 18.2 Å². The summed E-state index contributed by atoms with van der Waals surface area (Å²) in [5, 5.41) is 3.17. The Morgan fingerprint density at radius 2 is 2.17 bits per heavy atom. The van der Waals surface area contributed by atoms with Crippen molar-refractivity contribution in [2.24, 2.45) is 0 Å². The van der Waals surface area contributed by atoms with E-state index < -0.39 is 0 Å². The molecule has 2 aromatic rings. The SMILES string of the molecule is COc1cc(NCc2cccc(Br)c2)nc(N)n1. The molecule has 94 valence electrons. The Hall–Kier alpha value is -1.82. The van der Waals surface area contributed by atoms with Crippen molar-refractivity contribution in [2.75, 3.05) is 18.2 Å². The molecular formula is C12H13BrN4O. The Balaban J connectivity index is 2.08. The predicted octanol–water partition coefficient (Wildman–Crippen LogP) is 2.44. The Labute approximate surface area is 114 Å². The monoisotopic (exact) mass is 308 g/mol. The summed E-state index contributed by atoms with van der Waals surface area (Å²) in [6.07, 6.45) is 0. The summed E-state index contributed by atoms with van der Waals surface area (Å²) in [4.78, 5) is 8.00. The third kappa shape index (κ3) is 3.33. The van der Waals surface area contributed by atoms with Crippen LogP contribution in [0.4, 0.5) is 11.8 Å². The lowest BCUT2D eigenvalue weighted by Crippen LogP contribution is -2.05. The van der Waals surface area contributed by atoms with Crippen molar-refractivity contribution < 1.29 is 4.74 Å². The fourth-order valence-electron chi connectivity index (χ4n) is 1.48. The summed E-state index contributed by atoms with van der Waals surface area (Å²) in [5.41, 5.74) is 6.72. The minimum Gasteiger partial charge on any atom is -0.481 e. The van der Waals surface area contributed by atoms with Gasteiger partial charge < -0.3 is 15.8 Å². The van der Waals surface area contributed by atoms with Gasteiger partial charge in [-0.25, -0.2) is 0 Å². The topological polar surface area (TPSA) is 73.1 Å². The van der Waals surface area contributed by atoms with E-state index in [4.69, 9.17) is 10.5 Å². The average Bonchev–Trinajstić information content (AvgIpc) is 2.36. The number of halogens is 1. The van der Waals surface area contributed by atoms with Gasteiger partial charge in [0.05, 0.1) is 7.11 Å². The molecule has 1 aromatic carbocycles. The normalized spacial score (nSPS) is 10.1. The van der Waals surface area contributed by atoms with Gasteiger partial charge in [-0.1, -0.05) is 28.1 Å². The van der Waals surface area contributed by atoms with Gasteiger partial charge in [-0.3, -0.25) is 0 Å². The highest BCUT2D eigenvalue weighted by Gasteiger charge is 2.02. The summed E-state index contributed by atoms with van der Waals surface area (Å²) >= 11 is 3.43. The number of ether oxygens (including phenoxy) is 1. The molecule has 0 unspecified atom stereocenters. The quantitative estimate of drug-likeness (QED) is 0.907. The van der Waals surface area contributed by atoms with Crippen molar-refractivity contribution in [3.05, 3.63) is 40.4 Å². The molecule has 0 saturated heterocycles. The van der Waals surface area contributed by atoms with Crippen LogP contribution in [-0.2, 0) is 6.54 Å². The Bertz CT molecular complexity index is 547. The molecule has 0 aliphatic heterocycles. The van der Waals surface area contributed by atoms with E-state index in [1.165, 1.54) is 0 Å². The molecule has 5 nitrogen and oxygen atoms in total. The van der Waals surface area contributed by atoms with Crippen LogP contribution in [0.2, 0.25) is 0 Å². The number of methoxy groups -OCH3 is 1. The molecule has 2 rings (SSSR count). The number of hydrogen-bond acceptors (Lipinski definition) is 5. The van der Waals surface area contributed by atoms with E-state index in [-0.39, 0.29) is 5.95 Å². The van der Waals surface area contributed by atoms with Gasteiger partial charge in [0, 0.05) is 17.1 Å². The third-order valence-corrected chi connectivity index (χ3v) is 2.78. The van der Waals surface area contributed by atoms with Crippen LogP contribution in [0.25, 0.3) is 0 Å². The summed E-state index contributed by atoms with van der Waals surface area (Å²) in [5.74, 6) is 1.27. The smallest absolute Gasteiger partial charge is 0.225 e. The zero-order valence-corrected chi connectivity index (χ0v) is 11.4. The van der Waals surface area contributed by atoms with E-state index in [1.54, 1.807) is 13.2 Å². The maximum absolute atomic E-state index is 5.58. The minimum atomic E-state index is 0.186. The first-order valence-electron chi connectivity index (χ1n) is 5.34. The fraction of sp³-hybridized carbons (Fsp3) is 0.167. The molecule has 0 radical (unpaired) electrons. The van der Waals surface area contributed by atoms with Crippen LogP contribution < -0.4 is 15.8 Å². The number of nitrogen functional groups attached to an aromatic ring is 1. The van der Waals surface area contributed by atoms with Crippen molar-refractivity contribution in [2.45, 2.75) is 6.54 Å². The molecule has 0 aliphatic carbocycles. The van der Waals surface area contributed by atoms with Gasteiger partial charge >= 0.3 is 0 Å². The Morgan fingerprint density at radius 3 is 2.89 bits per heavy atom. The molecule has 0 bridgehead atoms. The highest BCUT2D eigenvalue weighted by Crippen LogP contribution is 2.16. The Morgan fingerprint density at radius 1 is 1.33 bits per heavy atom. The molecule has 0 amide bonds. The molecule has 0 spiro atoms. The van der Waals surface area contributed by atoms with E-state index in [0.717, 1.165) is 10.0 Å². The summed E-state index contributed by atoms with van der Waals surface area (Å²) in [6, 6.07) is 9.73. The lowest BCUT2D eigenvalue weighted by molar-refractivity contribution is 0.398. The number of anilines is 2. The average molecular weight is 309 g/mol. The number of rotatable bonds is 4. The van der Waals surface area contributed by atoms with Crippen molar-refractivity contribution in [1.29, 1.82) is 0 Å². The molecule has 0 fully saturated rings.